The summed E-state index contributed by atoms with van der Waals surface area (Å²) in [6.07, 6.45) is 1.53. The van der Waals surface area contributed by atoms with Crippen LogP contribution in [0.15, 0.2) is 0 Å². The second-order valence-electron chi connectivity index (χ2n) is 2.30. The van der Waals surface area contributed by atoms with E-state index in [4.69, 9.17) is 22.3 Å². The second kappa shape index (κ2) is 3.56. The number of nitrogens with two attached hydrogens (primary N) is 2. The highest BCUT2D eigenvalue weighted by Gasteiger charge is 2.24. The average Bonchev–Trinajstić information content (AvgIpc) is 1.83. The first-order valence-corrected chi connectivity index (χ1v) is 3.03. The molecule has 0 atom stereocenters. The van der Waals surface area contributed by atoms with Crippen LogP contribution in [-0.4, -0.2) is 23.9 Å². The van der Waals surface area contributed by atoms with Crippen molar-refractivity contribution in [3.63, 3.8) is 0 Å². The summed E-state index contributed by atoms with van der Waals surface area (Å²) in [5.41, 5.74) is 8.52. The van der Waals surface area contributed by atoms with Crippen LogP contribution in [0.5, 0.6) is 0 Å². The quantitative estimate of drug-likeness (QED) is 0.162. The second-order valence-corrected chi connectivity index (χ2v) is 2.30. The molecule has 1 radical (unpaired) electrons. The Morgan fingerprint density at radius 1 is 1.33 bits per heavy atom. The highest BCUT2D eigenvalue weighted by atomic mass is 16.1. The van der Waals surface area contributed by atoms with Crippen molar-refractivity contribution >= 4 is 18.2 Å². The van der Waals surface area contributed by atoms with Gasteiger partial charge in [0.15, 0.2) is 17.6 Å². The Morgan fingerprint density at radius 3 is 1.83 bits per heavy atom. The standard InChI is InChI=1S/C5H11N6O/c1-5(2-12,10-3(6)7)11-4(8)9/h1H3,(H4,6,7,10)(H4,8,9,11). The molecule has 12 heavy (non-hydrogen) atoms. The van der Waals surface area contributed by atoms with Gasteiger partial charge in [-0.1, -0.05) is 0 Å². The summed E-state index contributed by atoms with van der Waals surface area (Å²) in [4.78, 5) is 10.3. The Bertz CT molecular complexity index is 196. The van der Waals surface area contributed by atoms with E-state index in [0.717, 1.165) is 0 Å². The van der Waals surface area contributed by atoms with Crippen LogP contribution in [-0.2, 0) is 4.79 Å². The van der Waals surface area contributed by atoms with E-state index >= 15 is 0 Å². The van der Waals surface area contributed by atoms with Crippen molar-refractivity contribution in [2.24, 2.45) is 11.5 Å². The van der Waals surface area contributed by atoms with Crippen LogP contribution in [0.3, 0.4) is 0 Å². The average molecular weight is 171 g/mol. The van der Waals surface area contributed by atoms with Crippen LogP contribution < -0.4 is 22.1 Å². The lowest BCUT2D eigenvalue weighted by molar-refractivity contribution is 0.451. The summed E-state index contributed by atoms with van der Waals surface area (Å²) in [7, 11) is 0. The van der Waals surface area contributed by atoms with E-state index in [2.05, 4.69) is 10.6 Å². The SMILES string of the molecule is CC([C]=O)(NC(=N)N)NC(=N)N. The Kier molecular flexibility index (Phi) is 3.03. The van der Waals surface area contributed by atoms with Gasteiger partial charge in [0.05, 0.1) is 0 Å². The number of nitrogens with one attached hydrogen (secondary N) is 4. The van der Waals surface area contributed by atoms with E-state index in [1.54, 1.807) is 0 Å². The fourth-order valence-corrected chi connectivity index (χ4v) is 0.621. The Hall–Kier alpha value is -1.79. The highest BCUT2D eigenvalue weighted by Crippen LogP contribution is 1.90. The van der Waals surface area contributed by atoms with Crippen LogP contribution >= 0.6 is 0 Å². The van der Waals surface area contributed by atoms with Crippen molar-refractivity contribution in [1.82, 2.24) is 10.6 Å². The fourth-order valence-electron chi connectivity index (χ4n) is 0.621. The highest BCUT2D eigenvalue weighted by molar-refractivity contribution is 5.85. The van der Waals surface area contributed by atoms with Gasteiger partial charge in [0.1, 0.15) is 0 Å². The molecule has 0 unspecified atom stereocenters. The summed E-state index contributed by atoms with van der Waals surface area (Å²) in [6.45, 7) is 1.35. The molecule has 0 spiro atoms. The maximum atomic E-state index is 10.3. The monoisotopic (exact) mass is 171 g/mol. The van der Waals surface area contributed by atoms with Crippen molar-refractivity contribution in [2.45, 2.75) is 12.6 Å². The van der Waals surface area contributed by atoms with E-state index in [-0.39, 0.29) is 0 Å². The predicted octanol–water partition coefficient (Wildman–Crippen LogP) is -2.22. The third-order valence-electron chi connectivity index (χ3n) is 0.973. The Labute approximate surface area is 69.5 Å². The van der Waals surface area contributed by atoms with Crippen molar-refractivity contribution in [3.8, 4) is 0 Å². The molecule has 0 heterocycles. The molecule has 0 aliphatic rings. The summed E-state index contributed by atoms with van der Waals surface area (Å²) in [5.74, 6) is -0.816. The first kappa shape index (κ1) is 10.2. The molecule has 0 fully saturated rings. The molecule has 0 saturated carbocycles. The molecular weight excluding hydrogens is 160 g/mol. The van der Waals surface area contributed by atoms with Gasteiger partial charge in [0.25, 0.3) is 0 Å². The van der Waals surface area contributed by atoms with E-state index < -0.39 is 17.6 Å². The van der Waals surface area contributed by atoms with Crippen LogP contribution in [0, 0.1) is 10.8 Å². The minimum atomic E-state index is -1.42. The molecule has 0 aromatic carbocycles. The van der Waals surface area contributed by atoms with Gasteiger partial charge in [0, 0.05) is 0 Å². The van der Waals surface area contributed by atoms with Crippen molar-refractivity contribution in [2.75, 3.05) is 0 Å². The minimum Gasteiger partial charge on any atom is -0.370 e. The van der Waals surface area contributed by atoms with E-state index in [0.29, 0.717) is 0 Å². The zero-order valence-electron chi connectivity index (χ0n) is 6.56. The zero-order chi connectivity index (χ0) is 9.78. The normalized spacial score (nSPS) is 14.1. The van der Waals surface area contributed by atoms with Crippen molar-refractivity contribution < 1.29 is 4.79 Å². The van der Waals surface area contributed by atoms with Gasteiger partial charge in [-0.15, -0.1) is 0 Å². The van der Waals surface area contributed by atoms with Crippen LogP contribution in [0.2, 0.25) is 0 Å². The van der Waals surface area contributed by atoms with Crippen molar-refractivity contribution in [3.05, 3.63) is 0 Å². The van der Waals surface area contributed by atoms with Crippen molar-refractivity contribution in [1.29, 1.82) is 10.8 Å². The maximum absolute atomic E-state index is 10.3. The van der Waals surface area contributed by atoms with Gasteiger partial charge in [0.2, 0.25) is 6.29 Å². The lowest BCUT2D eigenvalue weighted by atomic mass is 10.2. The molecular formula is C5H11N6O. The summed E-state index contributed by atoms with van der Waals surface area (Å²) in [5, 5.41) is 18.2. The predicted molar refractivity (Wildman–Crippen MR) is 44.2 cm³/mol. The number of rotatable bonds is 3. The van der Waals surface area contributed by atoms with E-state index in [1.165, 1.54) is 13.2 Å². The molecule has 0 amide bonds. The molecule has 7 heteroatoms. The summed E-state index contributed by atoms with van der Waals surface area (Å²) < 4.78 is 0. The number of hydrogen-bond acceptors (Lipinski definition) is 3. The molecule has 0 aliphatic carbocycles. The van der Waals surface area contributed by atoms with Gasteiger partial charge < -0.3 is 22.1 Å². The zero-order valence-corrected chi connectivity index (χ0v) is 6.56. The number of guanidine groups is 2. The van der Waals surface area contributed by atoms with Crippen LogP contribution in [0.4, 0.5) is 0 Å². The molecule has 0 aromatic heterocycles. The molecule has 0 aliphatic heterocycles. The Balaban J connectivity index is 4.33. The molecule has 7 nitrogen and oxygen atoms in total. The van der Waals surface area contributed by atoms with E-state index in [9.17, 15) is 4.79 Å². The molecule has 67 valence electrons. The smallest absolute Gasteiger partial charge is 0.248 e. The Morgan fingerprint density at radius 2 is 1.67 bits per heavy atom. The van der Waals surface area contributed by atoms with Crippen LogP contribution in [0.25, 0.3) is 0 Å². The molecule has 8 N–H and O–H groups in total. The number of carbonyl (C=O) groups excluding carboxylic acids is 1. The number of hydrogen-bond donors (Lipinski definition) is 6. The molecule has 0 bridgehead atoms. The van der Waals surface area contributed by atoms with Crippen LogP contribution in [0.1, 0.15) is 6.92 Å². The first-order valence-electron chi connectivity index (χ1n) is 3.03. The fraction of sp³-hybridized carbons (Fsp3) is 0.400. The van der Waals surface area contributed by atoms with E-state index in [1.807, 2.05) is 0 Å². The van der Waals surface area contributed by atoms with Gasteiger partial charge in [-0.25, -0.2) is 0 Å². The minimum absolute atomic E-state index is 0.408. The topological polar surface area (TPSA) is 141 Å². The first-order chi connectivity index (χ1) is 5.39. The summed E-state index contributed by atoms with van der Waals surface area (Å²) in [6, 6.07) is 0. The van der Waals surface area contributed by atoms with Gasteiger partial charge in [-0.3, -0.25) is 15.6 Å². The third kappa shape index (κ3) is 3.40. The lowest BCUT2D eigenvalue weighted by Gasteiger charge is -2.24. The molecule has 0 saturated heterocycles. The largest absolute Gasteiger partial charge is 0.370 e. The lowest BCUT2D eigenvalue weighted by Crippen LogP contribution is -2.62. The molecule has 0 rings (SSSR count). The van der Waals surface area contributed by atoms with Gasteiger partial charge in [-0.05, 0) is 6.92 Å². The van der Waals surface area contributed by atoms with Gasteiger partial charge in [-0.2, -0.15) is 0 Å². The van der Waals surface area contributed by atoms with Gasteiger partial charge >= 0.3 is 0 Å². The third-order valence-corrected chi connectivity index (χ3v) is 0.973. The maximum Gasteiger partial charge on any atom is 0.248 e. The summed E-state index contributed by atoms with van der Waals surface area (Å²) >= 11 is 0. The molecule has 0 aromatic rings.